The van der Waals surface area contributed by atoms with Crippen LogP contribution in [0.1, 0.15) is 42.5 Å². The van der Waals surface area contributed by atoms with Crippen molar-refractivity contribution in [2.75, 3.05) is 43.1 Å². The maximum atomic E-state index is 13.7. The lowest BCUT2D eigenvalue weighted by atomic mass is 10.0. The minimum Gasteiger partial charge on any atom is -0.366 e. The van der Waals surface area contributed by atoms with Gasteiger partial charge in [0.15, 0.2) is 0 Å². The molecule has 35 heavy (non-hydrogen) atoms. The van der Waals surface area contributed by atoms with E-state index in [1.165, 1.54) is 11.4 Å². The number of hydrogen-bond donors (Lipinski definition) is 1. The number of likely N-dealkylation sites (tertiary alicyclic amines) is 2. The first-order chi connectivity index (χ1) is 17.1. The SMILES string of the molecule is O=C(c1cn(C(=O)N2CCCCC2)c2cc(Cl)ccc12)N1CCC(N2CNc3ccccc32)CC1. The lowest BCUT2D eigenvalue weighted by molar-refractivity contribution is 0.0714. The third kappa shape index (κ3) is 4.01. The van der Waals surface area contributed by atoms with Crippen LogP contribution in [0.2, 0.25) is 5.02 Å². The minimum atomic E-state index is -0.0741. The summed E-state index contributed by atoms with van der Waals surface area (Å²) >= 11 is 6.29. The van der Waals surface area contributed by atoms with E-state index >= 15 is 0 Å². The molecule has 3 aromatic rings. The van der Waals surface area contributed by atoms with Crippen molar-refractivity contribution in [3.63, 3.8) is 0 Å². The molecule has 1 N–H and O–H groups in total. The van der Waals surface area contributed by atoms with Gasteiger partial charge in [0.1, 0.15) is 0 Å². The average Bonchev–Trinajstić information content (AvgIpc) is 3.50. The molecule has 4 heterocycles. The van der Waals surface area contributed by atoms with E-state index in [1.54, 1.807) is 22.9 Å². The van der Waals surface area contributed by atoms with E-state index in [0.717, 1.165) is 57.2 Å². The Bertz CT molecular complexity index is 1270. The van der Waals surface area contributed by atoms with Gasteiger partial charge in [-0.05, 0) is 56.4 Å². The molecule has 0 saturated carbocycles. The highest BCUT2D eigenvalue weighted by atomic mass is 35.5. The molecule has 3 aliphatic heterocycles. The van der Waals surface area contributed by atoms with E-state index in [4.69, 9.17) is 11.6 Å². The number of carbonyl (C=O) groups is 2. The summed E-state index contributed by atoms with van der Waals surface area (Å²) < 4.78 is 1.62. The topological polar surface area (TPSA) is 60.8 Å². The molecule has 2 fully saturated rings. The molecule has 8 heteroatoms. The van der Waals surface area contributed by atoms with Gasteiger partial charge in [-0.3, -0.25) is 9.36 Å². The first kappa shape index (κ1) is 22.3. The molecule has 0 bridgehead atoms. The number of piperidine rings is 2. The highest BCUT2D eigenvalue weighted by molar-refractivity contribution is 6.31. The fraction of sp³-hybridized carbons (Fsp3) is 0.407. The fourth-order valence-electron chi connectivity index (χ4n) is 5.77. The number of amides is 2. The zero-order chi connectivity index (χ0) is 23.9. The number of hydrogen-bond acceptors (Lipinski definition) is 4. The molecule has 2 aromatic carbocycles. The van der Waals surface area contributed by atoms with E-state index < -0.39 is 0 Å². The van der Waals surface area contributed by atoms with Crippen LogP contribution in [0, 0.1) is 0 Å². The van der Waals surface area contributed by atoms with Crippen molar-refractivity contribution in [2.24, 2.45) is 0 Å². The molecule has 3 aliphatic rings. The number of benzene rings is 2. The summed E-state index contributed by atoms with van der Waals surface area (Å²) in [4.78, 5) is 33.2. The van der Waals surface area contributed by atoms with Crippen LogP contribution in [0.3, 0.4) is 0 Å². The number of nitrogens with one attached hydrogen (secondary N) is 1. The van der Waals surface area contributed by atoms with Crippen LogP contribution < -0.4 is 10.2 Å². The van der Waals surface area contributed by atoms with Crippen molar-refractivity contribution in [1.29, 1.82) is 0 Å². The molecule has 0 unspecified atom stereocenters. The van der Waals surface area contributed by atoms with Gasteiger partial charge in [-0.25, -0.2) is 4.79 Å². The number of rotatable bonds is 2. The Kier molecular flexibility index (Phi) is 5.80. The number of halogens is 1. The Morgan fingerprint density at radius 2 is 1.69 bits per heavy atom. The lowest BCUT2D eigenvalue weighted by Gasteiger charge is -2.37. The summed E-state index contributed by atoms with van der Waals surface area (Å²) in [6.07, 6.45) is 6.75. The summed E-state index contributed by atoms with van der Waals surface area (Å²) in [5.41, 5.74) is 3.70. The molecule has 7 nitrogen and oxygen atoms in total. The van der Waals surface area contributed by atoms with E-state index in [1.807, 2.05) is 15.9 Å². The standard InChI is InChI=1S/C27H30ClN5O2/c28-19-8-9-21-22(17-32(25(21)16-19)27(35)31-12-4-1-5-13-31)26(34)30-14-10-20(11-15-30)33-18-29-23-6-2-3-7-24(23)33/h2-3,6-9,16-17,20,29H,1,4-5,10-15,18H2. The third-order valence-electron chi connectivity index (χ3n) is 7.68. The highest BCUT2D eigenvalue weighted by Gasteiger charge is 2.32. The van der Waals surface area contributed by atoms with Crippen LogP contribution in [0.15, 0.2) is 48.7 Å². The van der Waals surface area contributed by atoms with Crippen molar-refractivity contribution in [2.45, 2.75) is 38.1 Å². The molecule has 2 saturated heterocycles. The van der Waals surface area contributed by atoms with Crippen LogP contribution in [0.5, 0.6) is 0 Å². The van der Waals surface area contributed by atoms with Crippen LogP contribution in [-0.4, -0.2) is 65.2 Å². The first-order valence-corrected chi connectivity index (χ1v) is 13.0. The second-order valence-electron chi connectivity index (χ2n) is 9.75. The third-order valence-corrected chi connectivity index (χ3v) is 7.91. The lowest BCUT2D eigenvalue weighted by Crippen LogP contribution is -2.46. The normalized spacial score (nSPS) is 18.6. The summed E-state index contributed by atoms with van der Waals surface area (Å²) in [6.45, 7) is 3.71. The molecule has 0 atom stereocenters. The second kappa shape index (κ2) is 9.11. The quantitative estimate of drug-likeness (QED) is 0.532. The number of fused-ring (bicyclic) bond motifs is 2. The van der Waals surface area contributed by atoms with Gasteiger partial charge in [0.2, 0.25) is 0 Å². The molecule has 2 amide bonds. The Hall–Kier alpha value is -3.19. The largest absolute Gasteiger partial charge is 0.366 e. The molecular weight excluding hydrogens is 462 g/mol. The zero-order valence-electron chi connectivity index (χ0n) is 19.8. The highest BCUT2D eigenvalue weighted by Crippen LogP contribution is 2.35. The van der Waals surface area contributed by atoms with Crippen molar-refractivity contribution < 1.29 is 9.59 Å². The molecule has 6 rings (SSSR count). The number of anilines is 2. The Morgan fingerprint density at radius 3 is 2.49 bits per heavy atom. The maximum absolute atomic E-state index is 13.7. The monoisotopic (exact) mass is 491 g/mol. The number of carbonyl (C=O) groups excluding carboxylic acids is 2. The second-order valence-corrected chi connectivity index (χ2v) is 10.2. The van der Waals surface area contributed by atoms with Crippen molar-refractivity contribution in [3.05, 3.63) is 59.2 Å². The van der Waals surface area contributed by atoms with E-state index in [-0.39, 0.29) is 11.9 Å². The summed E-state index contributed by atoms with van der Waals surface area (Å²) in [6, 6.07) is 14.2. The minimum absolute atomic E-state index is 0.0130. The van der Waals surface area contributed by atoms with Gasteiger partial charge < -0.3 is 20.0 Å². The smallest absolute Gasteiger partial charge is 0.328 e. The predicted molar refractivity (Wildman–Crippen MR) is 140 cm³/mol. The number of aromatic nitrogens is 1. The molecule has 182 valence electrons. The first-order valence-electron chi connectivity index (χ1n) is 12.6. The summed E-state index contributed by atoms with van der Waals surface area (Å²) in [7, 11) is 0. The van der Waals surface area contributed by atoms with E-state index in [2.05, 4.69) is 34.5 Å². The van der Waals surface area contributed by atoms with Crippen LogP contribution >= 0.6 is 11.6 Å². The summed E-state index contributed by atoms with van der Waals surface area (Å²) in [5, 5.41) is 4.81. The molecule has 1 aromatic heterocycles. The molecule has 0 aliphatic carbocycles. The zero-order valence-corrected chi connectivity index (χ0v) is 20.5. The van der Waals surface area contributed by atoms with Gasteiger partial charge in [-0.1, -0.05) is 29.8 Å². The number of para-hydroxylation sites is 2. The van der Waals surface area contributed by atoms with Crippen molar-refractivity contribution >= 4 is 45.8 Å². The van der Waals surface area contributed by atoms with E-state index in [0.29, 0.717) is 35.2 Å². The molecule has 0 radical (unpaired) electrons. The van der Waals surface area contributed by atoms with Gasteiger partial charge in [-0.2, -0.15) is 0 Å². The van der Waals surface area contributed by atoms with Crippen LogP contribution in [-0.2, 0) is 0 Å². The predicted octanol–water partition coefficient (Wildman–Crippen LogP) is 5.24. The van der Waals surface area contributed by atoms with Crippen LogP contribution in [0.4, 0.5) is 16.2 Å². The summed E-state index contributed by atoms with van der Waals surface area (Å²) in [5.74, 6) is -0.0130. The average molecular weight is 492 g/mol. The van der Waals surface area contributed by atoms with Crippen LogP contribution in [0.25, 0.3) is 10.9 Å². The molecular formula is C27H30ClN5O2. The van der Waals surface area contributed by atoms with Crippen molar-refractivity contribution in [1.82, 2.24) is 14.4 Å². The van der Waals surface area contributed by atoms with Gasteiger partial charge in [0, 0.05) is 48.8 Å². The van der Waals surface area contributed by atoms with Gasteiger partial charge in [0.25, 0.3) is 5.91 Å². The van der Waals surface area contributed by atoms with Gasteiger partial charge >= 0.3 is 6.03 Å². The van der Waals surface area contributed by atoms with E-state index in [9.17, 15) is 9.59 Å². The Labute approximate surface area is 210 Å². The Balaban J connectivity index is 1.22. The number of nitrogens with zero attached hydrogens (tertiary/aromatic N) is 4. The van der Waals surface area contributed by atoms with Crippen molar-refractivity contribution in [3.8, 4) is 0 Å². The fourth-order valence-corrected chi connectivity index (χ4v) is 5.94. The molecule has 0 spiro atoms. The van der Waals surface area contributed by atoms with Gasteiger partial charge in [0.05, 0.1) is 29.1 Å². The maximum Gasteiger partial charge on any atom is 0.328 e. The Morgan fingerprint density at radius 1 is 0.914 bits per heavy atom. The van der Waals surface area contributed by atoms with Gasteiger partial charge in [-0.15, -0.1) is 0 Å².